The van der Waals surface area contributed by atoms with Crippen LogP contribution in [0.1, 0.15) is 30.8 Å². The number of nitrogens with one attached hydrogen (secondary N) is 1. The number of halogens is 1. The average molecular weight is 431 g/mol. The Morgan fingerprint density at radius 1 is 1.20 bits per heavy atom. The molecule has 160 valence electrons. The van der Waals surface area contributed by atoms with E-state index >= 15 is 0 Å². The van der Waals surface area contributed by atoms with Crippen LogP contribution in [0.15, 0.2) is 24.3 Å². The van der Waals surface area contributed by atoms with Crippen molar-refractivity contribution in [3.05, 3.63) is 40.7 Å². The van der Waals surface area contributed by atoms with Crippen LogP contribution in [0.2, 0.25) is 0 Å². The molecular weight excluding hydrogens is 403 g/mol. The molecule has 30 heavy (non-hydrogen) atoms. The lowest BCUT2D eigenvalue weighted by Gasteiger charge is -2.35. The summed E-state index contributed by atoms with van der Waals surface area (Å²) in [6.07, 6.45) is 2.11. The highest BCUT2D eigenvalue weighted by Crippen LogP contribution is 2.35. The smallest absolute Gasteiger partial charge is 0.227 e. The highest BCUT2D eigenvalue weighted by atomic mass is 32.1. The number of para-hydroxylation sites is 1. The van der Waals surface area contributed by atoms with Gasteiger partial charge >= 0.3 is 0 Å². The second-order valence-electron chi connectivity index (χ2n) is 8.24. The van der Waals surface area contributed by atoms with E-state index in [1.807, 2.05) is 18.7 Å². The van der Waals surface area contributed by atoms with Crippen molar-refractivity contribution in [2.75, 3.05) is 36.4 Å². The number of benzene rings is 1. The van der Waals surface area contributed by atoms with Crippen LogP contribution in [0.3, 0.4) is 0 Å². The number of amides is 2. The third-order valence-electron chi connectivity index (χ3n) is 5.79. The van der Waals surface area contributed by atoms with E-state index in [0.717, 1.165) is 48.3 Å². The molecule has 1 fully saturated rings. The lowest BCUT2D eigenvalue weighted by Crippen LogP contribution is -2.49. The molecule has 0 saturated carbocycles. The molecule has 0 radical (unpaired) electrons. The third-order valence-corrected chi connectivity index (χ3v) is 6.97. The van der Waals surface area contributed by atoms with E-state index in [9.17, 15) is 14.0 Å². The molecule has 1 aromatic carbocycles. The quantitative estimate of drug-likeness (QED) is 0.808. The highest BCUT2D eigenvalue weighted by Gasteiger charge is 2.30. The van der Waals surface area contributed by atoms with Gasteiger partial charge in [-0.25, -0.2) is 9.37 Å². The molecule has 2 aromatic rings. The fourth-order valence-corrected chi connectivity index (χ4v) is 5.24. The number of fused-ring (bicyclic) bond motifs is 1. The first-order valence-corrected chi connectivity index (χ1v) is 11.3. The summed E-state index contributed by atoms with van der Waals surface area (Å²) >= 11 is 1.65. The number of carbonyl (C=O) groups is 2. The molecule has 1 saturated heterocycles. The van der Waals surface area contributed by atoms with Gasteiger partial charge in [-0.1, -0.05) is 26.0 Å². The average Bonchev–Trinajstić information content (AvgIpc) is 3.18. The first kappa shape index (κ1) is 20.8. The fourth-order valence-electron chi connectivity index (χ4n) is 4.00. The van der Waals surface area contributed by atoms with Gasteiger partial charge in [0, 0.05) is 42.9 Å². The van der Waals surface area contributed by atoms with Crippen LogP contribution in [0.25, 0.3) is 0 Å². The Morgan fingerprint density at radius 2 is 1.93 bits per heavy atom. The summed E-state index contributed by atoms with van der Waals surface area (Å²) in [5.74, 6) is -0.502. The zero-order valence-electron chi connectivity index (χ0n) is 17.4. The minimum Gasteiger partial charge on any atom is -0.345 e. The molecule has 0 spiro atoms. The van der Waals surface area contributed by atoms with Crippen molar-refractivity contribution >= 4 is 34.0 Å². The SMILES string of the molecule is CC(C)C(=O)N1CCN(c2nc3c(s2)CC(C(=O)Nc2ccccc2F)CC3)CC1. The molecule has 1 aliphatic heterocycles. The Kier molecular flexibility index (Phi) is 6.04. The molecule has 0 bridgehead atoms. The van der Waals surface area contributed by atoms with Crippen molar-refractivity contribution in [2.24, 2.45) is 11.8 Å². The van der Waals surface area contributed by atoms with E-state index in [-0.39, 0.29) is 29.3 Å². The summed E-state index contributed by atoms with van der Waals surface area (Å²) in [6, 6.07) is 6.24. The predicted octanol–water partition coefficient (Wildman–Crippen LogP) is 3.33. The van der Waals surface area contributed by atoms with Gasteiger partial charge < -0.3 is 15.1 Å². The molecule has 2 aliphatic rings. The molecular formula is C22H27FN4O2S. The Morgan fingerprint density at radius 3 is 2.63 bits per heavy atom. The zero-order valence-corrected chi connectivity index (χ0v) is 18.2. The summed E-state index contributed by atoms with van der Waals surface area (Å²) < 4.78 is 13.8. The standard InChI is InChI=1S/C22H27FN4O2S/c1-14(2)21(29)26-9-11-27(12-10-26)22-25-18-8-7-15(13-19(18)30-22)20(28)24-17-6-4-3-5-16(17)23/h3-6,14-15H,7-13H2,1-2H3,(H,24,28). The van der Waals surface area contributed by atoms with E-state index in [2.05, 4.69) is 10.2 Å². The van der Waals surface area contributed by atoms with Crippen LogP contribution in [-0.2, 0) is 22.4 Å². The molecule has 1 atom stereocenters. The molecule has 1 N–H and O–H groups in total. The zero-order chi connectivity index (χ0) is 21.3. The van der Waals surface area contributed by atoms with Crippen molar-refractivity contribution in [3.63, 3.8) is 0 Å². The summed E-state index contributed by atoms with van der Waals surface area (Å²) in [4.78, 5) is 35.0. The van der Waals surface area contributed by atoms with Crippen molar-refractivity contribution in [1.82, 2.24) is 9.88 Å². The first-order chi connectivity index (χ1) is 14.4. The van der Waals surface area contributed by atoms with Crippen molar-refractivity contribution in [3.8, 4) is 0 Å². The number of thiazole rings is 1. The van der Waals surface area contributed by atoms with Crippen LogP contribution in [0.5, 0.6) is 0 Å². The third kappa shape index (κ3) is 4.33. The van der Waals surface area contributed by atoms with Crippen LogP contribution in [-0.4, -0.2) is 47.9 Å². The second kappa shape index (κ2) is 8.71. The summed E-state index contributed by atoms with van der Waals surface area (Å²) in [6.45, 7) is 6.86. The molecule has 1 unspecified atom stereocenters. The van der Waals surface area contributed by atoms with Gasteiger partial charge in [-0.05, 0) is 31.4 Å². The summed E-state index contributed by atoms with van der Waals surface area (Å²) in [7, 11) is 0. The maximum absolute atomic E-state index is 13.8. The monoisotopic (exact) mass is 430 g/mol. The van der Waals surface area contributed by atoms with Crippen molar-refractivity contribution in [1.29, 1.82) is 0 Å². The first-order valence-electron chi connectivity index (χ1n) is 10.5. The van der Waals surface area contributed by atoms with Gasteiger partial charge in [-0.15, -0.1) is 11.3 Å². The number of aryl methyl sites for hydroxylation is 1. The topological polar surface area (TPSA) is 65.5 Å². The molecule has 2 heterocycles. The molecule has 8 heteroatoms. The van der Waals surface area contributed by atoms with E-state index in [0.29, 0.717) is 12.8 Å². The van der Waals surface area contributed by atoms with Crippen LogP contribution in [0.4, 0.5) is 15.2 Å². The number of aromatic nitrogens is 1. The van der Waals surface area contributed by atoms with E-state index in [1.165, 1.54) is 6.07 Å². The fraction of sp³-hybridized carbons (Fsp3) is 0.500. The van der Waals surface area contributed by atoms with Crippen LogP contribution < -0.4 is 10.2 Å². The minimum atomic E-state index is -0.419. The van der Waals surface area contributed by atoms with E-state index < -0.39 is 5.82 Å². The number of rotatable bonds is 4. The van der Waals surface area contributed by atoms with Gasteiger partial charge in [0.05, 0.1) is 11.4 Å². The van der Waals surface area contributed by atoms with Crippen molar-refractivity contribution < 1.29 is 14.0 Å². The maximum Gasteiger partial charge on any atom is 0.227 e. The Balaban J connectivity index is 1.37. The van der Waals surface area contributed by atoms with Gasteiger partial charge in [-0.3, -0.25) is 9.59 Å². The van der Waals surface area contributed by atoms with Crippen molar-refractivity contribution in [2.45, 2.75) is 33.1 Å². The largest absolute Gasteiger partial charge is 0.345 e. The molecule has 4 rings (SSSR count). The summed E-state index contributed by atoms with van der Waals surface area (Å²) in [5.41, 5.74) is 1.30. The normalized spacial score (nSPS) is 19.0. The van der Waals surface area contributed by atoms with Crippen LogP contribution in [0, 0.1) is 17.7 Å². The van der Waals surface area contributed by atoms with Gasteiger partial charge in [0.2, 0.25) is 11.8 Å². The maximum atomic E-state index is 13.8. The number of nitrogens with zero attached hydrogens (tertiary/aromatic N) is 3. The lowest BCUT2D eigenvalue weighted by molar-refractivity contribution is -0.134. The number of piperazine rings is 1. The number of hydrogen-bond donors (Lipinski definition) is 1. The van der Waals surface area contributed by atoms with E-state index in [1.54, 1.807) is 29.5 Å². The van der Waals surface area contributed by atoms with E-state index in [4.69, 9.17) is 4.98 Å². The number of anilines is 2. The Hall–Kier alpha value is -2.48. The molecule has 2 amide bonds. The Bertz CT molecular complexity index is 937. The predicted molar refractivity (Wildman–Crippen MR) is 116 cm³/mol. The number of carbonyl (C=O) groups excluding carboxylic acids is 2. The molecule has 1 aliphatic carbocycles. The minimum absolute atomic E-state index is 0.0242. The van der Waals surface area contributed by atoms with Gasteiger partial charge in [-0.2, -0.15) is 0 Å². The van der Waals surface area contributed by atoms with Gasteiger partial charge in [0.15, 0.2) is 5.13 Å². The summed E-state index contributed by atoms with van der Waals surface area (Å²) in [5, 5.41) is 3.71. The van der Waals surface area contributed by atoms with Gasteiger partial charge in [0.1, 0.15) is 5.82 Å². The lowest BCUT2D eigenvalue weighted by atomic mass is 9.90. The molecule has 6 nitrogen and oxygen atoms in total. The highest BCUT2D eigenvalue weighted by molar-refractivity contribution is 7.15. The molecule has 1 aromatic heterocycles. The van der Waals surface area contributed by atoms with Gasteiger partial charge in [0.25, 0.3) is 0 Å². The number of hydrogen-bond acceptors (Lipinski definition) is 5. The van der Waals surface area contributed by atoms with Crippen LogP contribution >= 0.6 is 11.3 Å². The second-order valence-corrected chi connectivity index (χ2v) is 9.30. The Labute approximate surface area is 180 Å².